The second-order valence-corrected chi connectivity index (χ2v) is 6.66. The summed E-state index contributed by atoms with van der Waals surface area (Å²) in [6.07, 6.45) is 0.269. The van der Waals surface area contributed by atoms with Crippen LogP contribution in [0.25, 0.3) is 0 Å². The van der Waals surface area contributed by atoms with Crippen molar-refractivity contribution in [2.75, 3.05) is 19.6 Å². The van der Waals surface area contributed by atoms with Gasteiger partial charge in [-0.1, -0.05) is 0 Å². The SMILES string of the molecule is CC(C)(C)OC(=O)N1CC(N2CC(C(=O)O)CCC2=O)C1. The summed E-state index contributed by atoms with van der Waals surface area (Å²) in [5.74, 6) is -1.39. The van der Waals surface area contributed by atoms with Crippen LogP contribution in [0, 0.1) is 5.92 Å². The number of aliphatic carboxylic acids is 1. The molecule has 1 atom stereocenters. The van der Waals surface area contributed by atoms with Gasteiger partial charge < -0.3 is 19.6 Å². The molecule has 2 aliphatic rings. The Bertz CT molecular complexity index is 451. The normalized spacial score (nSPS) is 23.8. The highest BCUT2D eigenvalue weighted by molar-refractivity contribution is 5.81. The lowest BCUT2D eigenvalue weighted by Gasteiger charge is -2.47. The van der Waals surface area contributed by atoms with Crippen molar-refractivity contribution >= 4 is 18.0 Å². The summed E-state index contributed by atoms with van der Waals surface area (Å²) >= 11 is 0. The molecule has 0 spiro atoms. The van der Waals surface area contributed by atoms with Gasteiger partial charge in [-0.2, -0.15) is 0 Å². The summed E-state index contributed by atoms with van der Waals surface area (Å²) in [5.41, 5.74) is -0.544. The Labute approximate surface area is 123 Å². The summed E-state index contributed by atoms with van der Waals surface area (Å²) in [6, 6.07) is -0.0906. The highest BCUT2D eigenvalue weighted by Crippen LogP contribution is 2.25. The third kappa shape index (κ3) is 3.65. The number of ether oxygens (including phenoxy) is 1. The summed E-state index contributed by atoms with van der Waals surface area (Å²) in [4.78, 5) is 37.9. The fourth-order valence-corrected chi connectivity index (χ4v) is 2.55. The maximum Gasteiger partial charge on any atom is 0.410 e. The number of carbonyl (C=O) groups excluding carboxylic acids is 2. The molecule has 0 saturated carbocycles. The van der Waals surface area contributed by atoms with E-state index in [-0.39, 0.29) is 24.9 Å². The van der Waals surface area contributed by atoms with Gasteiger partial charge in [0.05, 0.1) is 12.0 Å². The number of carboxylic acids is 1. The molecule has 0 aromatic carbocycles. The Hall–Kier alpha value is -1.79. The van der Waals surface area contributed by atoms with E-state index in [1.54, 1.807) is 25.7 Å². The van der Waals surface area contributed by atoms with E-state index in [1.807, 2.05) is 0 Å². The van der Waals surface area contributed by atoms with Crippen LogP contribution < -0.4 is 0 Å². The quantitative estimate of drug-likeness (QED) is 0.819. The Balaban J connectivity index is 1.87. The minimum absolute atomic E-state index is 0.0265. The average molecular weight is 298 g/mol. The number of hydrogen-bond donors (Lipinski definition) is 1. The number of carbonyl (C=O) groups is 3. The number of carboxylic acid groups (broad SMARTS) is 1. The van der Waals surface area contributed by atoms with Gasteiger partial charge in [0.15, 0.2) is 0 Å². The van der Waals surface area contributed by atoms with Crippen molar-refractivity contribution in [1.82, 2.24) is 9.80 Å². The lowest BCUT2D eigenvalue weighted by atomic mass is 9.94. The van der Waals surface area contributed by atoms with E-state index in [4.69, 9.17) is 9.84 Å². The fraction of sp³-hybridized carbons (Fsp3) is 0.786. The first-order valence-electron chi connectivity index (χ1n) is 7.17. The van der Waals surface area contributed by atoms with Crippen LogP contribution >= 0.6 is 0 Å². The molecule has 0 aromatic rings. The second kappa shape index (κ2) is 5.54. The van der Waals surface area contributed by atoms with Crippen molar-refractivity contribution in [3.8, 4) is 0 Å². The molecule has 7 heteroatoms. The first kappa shape index (κ1) is 15.6. The van der Waals surface area contributed by atoms with Crippen LogP contribution in [0.4, 0.5) is 4.79 Å². The molecule has 0 radical (unpaired) electrons. The molecule has 7 nitrogen and oxygen atoms in total. The summed E-state index contributed by atoms with van der Waals surface area (Å²) in [7, 11) is 0. The van der Waals surface area contributed by atoms with Gasteiger partial charge in [-0.15, -0.1) is 0 Å². The first-order chi connectivity index (χ1) is 9.67. The van der Waals surface area contributed by atoms with Crippen LogP contribution in [0.1, 0.15) is 33.6 Å². The Kier molecular flexibility index (Phi) is 4.11. The van der Waals surface area contributed by atoms with E-state index in [0.717, 1.165) is 0 Å². The van der Waals surface area contributed by atoms with Gasteiger partial charge in [0.1, 0.15) is 5.60 Å². The van der Waals surface area contributed by atoms with Crippen LogP contribution in [0.2, 0.25) is 0 Å². The largest absolute Gasteiger partial charge is 0.481 e. The van der Waals surface area contributed by atoms with E-state index in [1.165, 1.54) is 4.90 Å². The van der Waals surface area contributed by atoms with Gasteiger partial charge in [-0.3, -0.25) is 9.59 Å². The second-order valence-electron chi connectivity index (χ2n) is 6.66. The van der Waals surface area contributed by atoms with Gasteiger partial charge in [-0.25, -0.2) is 4.79 Å². The number of rotatable bonds is 2. The van der Waals surface area contributed by atoms with Crippen molar-refractivity contribution in [3.63, 3.8) is 0 Å². The Morgan fingerprint density at radius 3 is 2.38 bits per heavy atom. The van der Waals surface area contributed by atoms with Crippen LogP contribution in [-0.4, -0.2) is 64.2 Å². The zero-order valence-electron chi connectivity index (χ0n) is 12.7. The van der Waals surface area contributed by atoms with E-state index >= 15 is 0 Å². The molecular formula is C14H22N2O5. The number of likely N-dealkylation sites (tertiary alicyclic amines) is 2. The summed E-state index contributed by atoms with van der Waals surface area (Å²) in [5, 5.41) is 9.06. The van der Waals surface area contributed by atoms with Crippen LogP contribution in [0.15, 0.2) is 0 Å². The van der Waals surface area contributed by atoms with Gasteiger partial charge >= 0.3 is 12.1 Å². The highest BCUT2D eigenvalue weighted by Gasteiger charge is 2.42. The third-order valence-electron chi connectivity index (χ3n) is 3.75. The summed E-state index contributed by atoms with van der Waals surface area (Å²) < 4.78 is 5.25. The van der Waals surface area contributed by atoms with E-state index in [2.05, 4.69) is 0 Å². The van der Waals surface area contributed by atoms with Crippen molar-refractivity contribution in [2.45, 2.75) is 45.3 Å². The molecule has 0 bridgehead atoms. The monoisotopic (exact) mass is 298 g/mol. The minimum Gasteiger partial charge on any atom is -0.481 e. The summed E-state index contributed by atoms with van der Waals surface area (Å²) in [6.45, 7) is 6.45. The molecule has 2 amide bonds. The van der Waals surface area contributed by atoms with Gasteiger partial charge in [-0.05, 0) is 27.2 Å². The van der Waals surface area contributed by atoms with Gasteiger partial charge in [0.25, 0.3) is 0 Å². The molecular weight excluding hydrogens is 276 g/mol. The van der Waals surface area contributed by atoms with Crippen LogP contribution in [0.3, 0.4) is 0 Å². The molecule has 1 unspecified atom stereocenters. The number of piperidine rings is 1. The Morgan fingerprint density at radius 1 is 1.24 bits per heavy atom. The molecule has 2 saturated heterocycles. The predicted octanol–water partition coefficient (Wildman–Crippen LogP) is 0.929. The molecule has 2 heterocycles. The van der Waals surface area contributed by atoms with Gasteiger partial charge in [0, 0.05) is 26.1 Å². The Morgan fingerprint density at radius 2 is 1.86 bits per heavy atom. The molecule has 2 rings (SSSR count). The van der Waals surface area contributed by atoms with Crippen molar-refractivity contribution < 1.29 is 24.2 Å². The maximum absolute atomic E-state index is 11.9. The van der Waals surface area contributed by atoms with E-state index in [9.17, 15) is 14.4 Å². The zero-order chi connectivity index (χ0) is 15.8. The lowest BCUT2D eigenvalue weighted by Crippen LogP contribution is -2.64. The maximum atomic E-state index is 11.9. The molecule has 1 N–H and O–H groups in total. The van der Waals surface area contributed by atoms with E-state index < -0.39 is 23.6 Å². The third-order valence-corrected chi connectivity index (χ3v) is 3.75. The predicted molar refractivity (Wildman–Crippen MR) is 73.7 cm³/mol. The average Bonchev–Trinajstić information content (AvgIpc) is 2.26. The first-order valence-corrected chi connectivity index (χ1v) is 7.17. The molecule has 0 aromatic heterocycles. The lowest BCUT2D eigenvalue weighted by molar-refractivity contribution is -0.151. The van der Waals surface area contributed by atoms with Gasteiger partial charge in [0.2, 0.25) is 5.91 Å². The van der Waals surface area contributed by atoms with Crippen LogP contribution in [-0.2, 0) is 14.3 Å². The highest BCUT2D eigenvalue weighted by atomic mass is 16.6. The van der Waals surface area contributed by atoms with Crippen molar-refractivity contribution in [3.05, 3.63) is 0 Å². The number of amides is 2. The van der Waals surface area contributed by atoms with Crippen molar-refractivity contribution in [2.24, 2.45) is 5.92 Å². The molecule has 21 heavy (non-hydrogen) atoms. The fourth-order valence-electron chi connectivity index (χ4n) is 2.55. The number of nitrogens with zero attached hydrogens (tertiary/aromatic N) is 2. The molecule has 2 aliphatic heterocycles. The van der Waals surface area contributed by atoms with Crippen LogP contribution in [0.5, 0.6) is 0 Å². The molecule has 0 aliphatic carbocycles. The topological polar surface area (TPSA) is 87.2 Å². The minimum atomic E-state index is -0.865. The van der Waals surface area contributed by atoms with E-state index in [0.29, 0.717) is 19.5 Å². The smallest absolute Gasteiger partial charge is 0.410 e. The molecule has 118 valence electrons. The van der Waals surface area contributed by atoms with Crippen molar-refractivity contribution in [1.29, 1.82) is 0 Å². The standard InChI is InChI=1S/C14H22N2O5/c1-14(2,3)21-13(20)15-7-10(8-15)16-6-9(12(18)19)4-5-11(16)17/h9-10H,4-8H2,1-3H3,(H,18,19). The number of hydrogen-bond acceptors (Lipinski definition) is 4. The molecule has 2 fully saturated rings. The zero-order valence-corrected chi connectivity index (χ0v) is 12.7.